The Morgan fingerprint density at radius 1 is 1.56 bits per heavy atom. The zero-order valence-electron chi connectivity index (χ0n) is 9.35. The lowest BCUT2D eigenvalue weighted by Gasteiger charge is -2.21. The van der Waals surface area contributed by atoms with Crippen molar-refractivity contribution in [3.63, 3.8) is 0 Å². The van der Waals surface area contributed by atoms with Gasteiger partial charge in [0.15, 0.2) is 0 Å². The molecule has 18 heavy (non-hydrogen) atoms. The molecule has 10 heteroatoms. The SMILES string of the molecule is Cn1ncc2c1CN1C[C@H]2N(OS(=O)(=O)O)C1=O. The maximum Gasteiger partial charge on any atom is 0.418 e. The molecule has 1 aromatic rings. The molecule has 2 amide bonds. The molecule has 3 rings (SSSR count). The quantitative estimate of drug-likeness (QED) is 0.725. The number of rotatable bonds is 2. The molecule has 0 radical (unpaired) electrons. The molecule has 2 bridgehead atoms. The summed E-state index contributed by atoms with van der Waals surface area (Å²) in [6, 6.07) is -1.16. The largest absolute Gasteiger partial charge is 0.418 e. The number of carbonyl (C=O) groups is 1. The van der Waals surface area contributed by atoms with E-state index in [1.807, 2.05) is 0 Å². The zero-order chi connectivity index (χ0) is 13.1. The first-order valence-corrected chi connectivity index (χ1v) is 6.49. The van der Waals surface area contributed by atoms with Crippen LogP contribution in [0, 0.1) is 0 Å². The molecule has 1 saturated heterocycles. The van der Waals surface area contributed by atoms with Gasteiger partial charge in [-0.15, -0.1) is 4.28 Å². The third-order valence-corrected chi connectivity index (χ3v) is 3.45. The molecule has 0 aliphatic carbocycles. The lowest BCUT2D eigenvalue weighted by atomic mass is 10.1. The number of urea groups is 1. The minimum Gasteiger partial charge on any atom is -0.314 e. The molecule has 2 aliphatic rings. The number of hydroxylamine groups is 2. The van der Waals surface area contributed by atoms with E-state index in [9.17, 15) is 13.2 Å². The lowest BCUT2D eigenvalue weighted by Crippen LogP contribution is -2.32. The van der Waals surface area contributed by atoms with Gasteiger partial charge < -0.3 is 4.90 Å². The van der Waals surface area contributed by atoms with Crippen molar-refractivity contribution in [1.29, 1.82) is 0 Å². The van der Waals surface area contributed by atoms with Crippen LogP contribution < -0.4 is 0 Å². The summed E-state index contributed by atoms with van der Waals surface area (Å²) in [6.45, 7) is 0.652. The molecule has 1 atom stereocenters. The first-order chi connectivity index (χ1) is 8.37. The fourth-order valence-electron chi connectivity index (χ4n) is 2.31. The summed E-state index contributed by atoms with van der Waals surface area (Å²) in [4.78, 5) is 13.3. The molecular formula is C8H10N4O5S. The molecule has 9 nitrogen and oxygen atoms in total. The Balaban J connectivity index is 2.02. The van der Waals surface area contributed by atoms with E-state index in [1.165, 1.54) is 4.90 Å². The molecule has 0 saturated carbocycles. The van der Waals surface area contributed by atoms with Gasteiger partial charge in [0.1, 0.15) is 6.04 Å². The van der Waals surface area contributed by atoms with E-state index in [0.717, 1.165) is 11.3 Å². The van der Waals surface area contributed by atoms with E-state index in [0.29, 0.717) is 18.2 Å². The van der Waals surface area contributed by atoms with Gasteiger partial charge in [0.2, 0.25) is 0 Å². The van der Waals surface area contributed by atoms with Crippen LogP contribution in [0.1, 0.15) is 17.3 Å². The van der Waals surface area contributed by atoms with E-state index in [2.05, 4.69) is 9.38 Å². The van der Waals surface area contributed by atoms with Crippen molar-refractivity contribution in [3.8, 4) is 0 Å². The molecule has 1 fully saturated rings. The maximum absolute atomic E-state index is 11.9. The van der Waals surface area contributed by atoms with Crippen molar-refractivity contribution in [2.75, 3.05) is 6.54 Å². The monoisotopic (exact) mass is 274 g/mol. The Bertz CT molecular complexity index is 623. The van der Waals surface area contributed by atoms with E-state index < -0.39 is 22.5 Å². The summed E-state index contributed by atoms with van der Waals surface area (Å²) >= 11 is 0. The number of nitrogens with zero attached hydrogens (tertiary/aromatic N) is 4. The Labute approximate surface area is 102 Å². The Morgan fingerprint density at radius 3 is 2.94 bits per heavy atom. The fraction of sp³-hybridized carbons (Fsp3) is 0.500. The van der Waals surface area contributed by atoms with Crippen LogP contribution >= 0.6 is 0 Å². The minimum absolute atomic E-state index is 0.313. The average molecular weight is 274 g/mol. The van der Waals surface area contributed by atoms with Crippen LogP contribution in [0.2, 0.25) is 0 Å². The third-order valence-electron chi connectivity index (χ3n) is 3.10. The second-order valence-electron chi connectivity index (χ2n) is 4.18. The summed E-state index contributed by atoms with van der Waals surface area (Å²) in [7, 11) is -2.98. The highest BCUT2D eigenvalue weighted by Crippen LogP contribution is 2.37. The third kappa shape index (κ3) is 1.57. The van der Waals surface area contributed by atoms with E-state index in [4.69, 9.17) is 4.55 Å². The van der Waals surface area contributed by atoms with Gasteiger partial charge in [0, 0.05) is 12.6 Å². The van der Waals surface area contributed by atoms with E-state index >= 15 is 0 Å². The molecule has 2 aliphatic heterocycles. The van der Waals surface area contributed by atoms with Gasteiger partial charge in [-0.3, -0.25) is 9.23 Å². The van der Waals surface area contributed by atoms with Crippen LogP contribution in [0.25, 0.3) is 0 Å². The van der Waals surface area contributed by atoms with E-state index in [-0.39, 0.29) is 0 Å². The van der Waals surface area contributed by atoms with Crippen molar-refractivity contribution in [1.82, 2.24) is 19.7 Å². The van der Waals surface area contributed by atoms with Gasteiger partial charge in [0.05, 0.1) is 25.0 Å². The summed E-state index contributed by atoms with van der Waals surface area (Å²) < 4.78 is 36.1. The van der Waals surface area contributed by atoms with Crippen LogP contribution in [0.4, 0.5) is 4.79 Å². The van der Waals surface area contributed by atoms with Crippen LogP contribution in [0.5, 0.6) is 0 Å². The summed E-state index contributed by atoms with van der Waals surface area (Å²) in [6.07, 6.45) is 1.57. The smallest absolute Gasteiger partial charge is 0.314 e. The van der Waals surface area contributed by atoms with Gasteiger partial charge in [-0.2, -0.15) is 18.6 Å². The van der Waals surface area contributed by atoms with E-state index in [1.54, 1.807) is 17.9 Å². The molecule has 1 aromatic heterocycles. The molecule has 0 aromatic carbocycles. The maximum atomic E-state index is 11.9. The van der Waals surface area contributed by atoms with Gasteiger partial charge in [0.25, 0.3) is 0 Å². The van der Waals surface area contributed by atoms with Crippen molar-refractivity contribution < 1.29 is 22.0 Å². The number of amides is 2. The summed E-state index contributed by atoms with van der Waals surface area (Å²) in [5.41, 5.74) is 1.55. The Morgan fingerprint density at radius 2 is 2.28 bits per heavy atom. The number of aromatic nitrogens is 2. The van der Waals surface area contributed by atoms with Crippen LogP contribution in [0.3, 0.4) is 0 Å². The highest BCUT2D eigenvalue weighted by atomic mass is 32.3. The minimum atomic E-state index is -4.72. The summed E-state index contributed by atoms with van der Waals surface area (Å²) in [5.74, 6) is 0. The molecule has 0 unspecified atom stereocenters. The van der Waals surface area contributed by atoms with Gasteiger partial charge >= 0.3 is 16.4 Å². The average Bonchev–Trinajstić information content (AvgIpc) is 2.74. The second kappa shape index (κ2) is 3.43. The van der Waals surface area contributed by atoms with Crippen LogP contribution in [-0.4, -0.2) is 45.3 Å². The highest BCUT2D eigenvalue weighted by molar-refractivity contribution is 7.80. The molecule has 1 N–H and O–H groups in total. The molecule has 98 valence electrons. The van der Waals surface area contributed by atoms with Crippen molar-refractivity contribution in [2.45, 2.75) is 12.6 Å². The van der Waals surface area contributed by atoms with Crippen molar-refractivity contribution in [3.05, 3.63) is 17.5 Å². The number of hydrogen-bond donors (Lipinski definition) is 1. The predicted octanol–water partition coefficient (Wildman–Crippen LogP) is -0.553. The topological polar surface area (TPSA) is 105 Å². The number of carbonyl (C=O) groups excluding carboxylic acids is 1. The first kappa shape index (κ1) is 11.4. The number of hydrogen-bond acceptors (Lipinski definition) is 5. The predicted molar refractivity (Wildman–Crippen MR) is 56.2 cm³/mol. The van der Waals surface area contributed by atoms with Crippen LogP contribution in [0.15, 0.2) is 6.20 Å². The fourth-order valence-corrected chi connectivity index (χ4v) is 2.68. The molecule has 3 heterocycles. The number of aryl methyl sites for hydroxylation is 1. The number of fused-ring (bicyclic) bond motifs is 4. The van der Waals surface area contributed by atoms with Gasteiger partial charge in [-0.1, -0.05) is 0 Å². The highest BCUT2D eigenvalue weighted by Gasteiger charge is 2.47. The normalized spacial score (nSPS) is 22.6. The van der Waals surface area contributed by atoms with Crippen molar-refractivity contribution >= 4 is 16.4 Å². The standard InChI is InChI=1S/C8H10N4O5S/c1-10-6-3-11-4-7(5(6)2-9-10)12(8(11)13)17-18(14,15)16/h2,7H,3-4H2,1H3,(H,14,15,16)/t7-/m1/s1. The second-order valence-corrected chi connectivity index (χ2v) is 5.18. The molecular weight excluding hydrogens is 264 g/mol. The Hall–Kier alpha value is -1.65. The zero-order valence-corrected chi connectivity index (χ0v) is 10.2. The van der Waals surface area contributed by atoms with Crippen LogP contribution in [-0.2, 0) is 28.3 Å². The first-order valence-electron chi connectivity index (χ1n) is 5.13. The lowest BCUT2D eigenvalue weighted by molar-refractivity contribution is -0.0316. The summed E-state index contributed by atoms with van der Waals surface area (Å²) in [5, 5.41) is 4.73. The molecule has 0 spiro atoms. The van der Waals surface area contributed by atoms with Crippen molar-refractivity contribution in [2.24, 2.45) is 7.05 Å². The van der Waals surface area contributed by atoms with Gasteiger partial charge in [-0.05, 0) is 0 Å². The van der Waals surface area contributed by atoms with Gasteiger partial charge in [-0.25, -0.2) is 4.79 Å². The Kier molecular flexibility index (Phi) is 2.18.